The highest BCUT2D eigenvalue weighted by atomic mass is 35.5. The summed E-state index contributed by atoms with van der Waals surface area (Å²) in [6.45, 7) is 0.622. The van der Waals surface area contributed by atoms with Crippen LogP contribution in [0.1, 0.15) is 31.2 Å². The number of nitrogens with two attached hydrogens (primary N) is 1. The Balaban J connectivity index is 1.83. The number of halogens is 2. The number of rotatable bonds is 5. The van der Waals surface area contributed by atoms with Crippen LogP contribution in [-0.2, 0) is 16.0 Å². The number of carbonyl (C=O) groups excluding carboxylic acids is 2. The predicted octanol–water partition coefficient (Wildman–Crippen LogP) is 2.85. The topological polar surface area (TPSA) is 63.4 Å². The first-order chi connectivity index (χ1) is 9.49. The molecule has 20 heavy (non-hydrogen) atoms. The number of thiophene rings is 1. The lowest BCUT2D eigenvalue weighted by Crippen LogP contribution is -2.43. The summed E-state index contributed by atoms with van der Waals surface area (Å²) in [7, 11) is 0. The van der Waals surface area contributed by atoms with E-state index in [1.807, 2.05) is 6.07 Å². The van der Waals surface area contributed by atoms with Gasteiger partial charge in [0.15, 0.2) is 0 Å². The average Bonchev–Trinajstić information content (AvgIpc) is 2.96. The summed E-state index contributed by atoms with van der Waals surface area (Å²) in [6.07, 6.45) is 3.31. The van der Waals surface area contributed by atoms with Crippen molar-refractivity contribution in [1.29, 1.82) is 0 Å². The minimum Gasteiger partial charge on any atom is -0.368 e. The van der Waals surface area contributed by atoms with Crippen LogP contribution in [-0.4, -0.2) is 29.3 Å². The lowest BCUT2D eigenvalue weighted by Gasteiger charge is -2.22. The molecule has 0 aromatic carbocycles. The molecule has 1 aliphatic heterocycles. The van der Waals surface area contributed by atoms with Gasteiger partial charge in [0.25, 0.3) is 0 Å². The molecule has 0 unspecified atom stereocenters. The van der Waals surface area contributed by atoms with Gasteiger partial charge in [0.1, 0.15) is 6.04 Å². The first-order valence-electron chi connectivity index (χ1n) is 6.51. The second-order valence-corrected chi connectivity index (χ2v) is 7.14. The Kier molecular flexibility index (Phi) is 5.29. The van der Waals surface area contributed by atoms with E-state index in [-0.39, 0.29) is 5.91 Å². The molecule has 0 aliphatic carbocycles. The molecule has 4 nitrogen and oxygen atoms in total. The number of hydrogen-bond donors (Lipinski definition) is 1. The minimum absolute atomic E-state index is 0.0104. The summed E-state index contributed by atoms with van der Waals surface area (Å²) in [6, 6.07) is 1.41. The first-order valence-corrected chi connectivity index (χ1v) is 8.08. The van der Waals surface area contributed by atoms with E-state index in [2.05, 4.69) is 0 Å². The third-order valence-electron chi connectivity index (χ3n) is 3.47. The summed E-state index contributed by atoms with van der Waals surface area (Å²) in [5.74, 6) is -0.424. The maximum atomic E-state index is 12.1. The fourth-order valence-electron chi connectivity index (χ4n) is 2.48. The number of primary amides is 1. The predicted molar refractivity (Wildman–Crippen MR) is 81.2 cm³/mol. The van der Waals surface area contributed by atoms with Gasteiger partial charge in [0.05, 0.1) is 8.67 Å². The normalized spacial score (nSPS) is 18.5. The Labute approximate surface area is 131 Å². The van der Waals surface area contributed by atoms with E-state index < -0.39 is 11.9 Å². The Morgan fingerprint density at radius 2 is 2.20 bits per heavy atom. The second kappa shape index (κ2) is 6.78. The van der Waals surface area contributed by atoms with Gasteiger partial charge in [-0.3, -0.25) is 9.59 Å². The largest absolute Gasteiger partial charge is 0.368 e. The SMILES string of the molecule is NC(=O)[C@H]1CCCN1C(=O)CCCc1cc(Cl)sc1Cl. The molecule has 1 atom stereocenters. The zero-order chi connectivity index (χ0) is 14.7. The van der Waals surface area contributed by atoms with Crippen molar-refractivity contribution in [2.45, 2.75) is 38.1 Å². The van der Waals surface area contributed by atoms with E-state index in [9.17, 15) is 9.59 Å². The molecule has 7 heteroatoms. The highest BCUT2D eigenvalue weighted by molar-refractivity contribution is 7.20. The molecular weight excluding hydrogens is 319 g/mol. The molecule has 2 heterocycles. The lowest BCUT2D eigenvalue weighted by molar-refractivity contribution is -0.137. The molecule has 1 aromatic rings. The van der Waals surface area contributed by atoms with Crippen LogP contribution in [0.25, 0.3) is 0 Å². The molecule has 0 radical (unpaired) electrons. The van der Waals surface area contributed by atoms with Crippen molar-refractivity contribution in [3.8, 4) is 0 Å². The minimum atomic E-state index is -0.429. The highest BCUT2D eigenvalue weighted by Gasteiger charge is 2.31. The van der Waals surface area contributed by atoms with Crippen molar-refractivity contribution >= 4 is 46.4 Å². The molecule has 2 rings (SSSR count). The summed E-state index contributed by atoms with van der Waals surface area (Å²) < 4.78 is 1.34. The van der Waals surface area contributed by atoms with Gasteiger partial charge in [-0.25, -0.2) is 0 Å². The van der Waals surface area contributed by atoms with Gasteiger partial charge < -0.3 is 10.6 Å². The van der Waals surface area contributed by atoms with Crippen LogP contribution in [0.3, 0.4) is 0 Å². The van der Waals surface area contributed by atoms with Gasteiger partial charge in [-0.05, 0) is 37.3 Å². The molecule has 0 saturated carbocycles. The van der Waals surface area contributed by atoms with Crippen molar-refractivity contribution in [2.75, 3.05) is 6.54 Å². The molecular formula is C13H16Cl2N2O2S. The monoisotopic (exact) mass is 334 g/mol. The van der Waals surface area contributed by atoms with E-state index >= 15 is 0 Å². The van der Waals surface area contributed by atoms with Crippen molar-refractivity contribution in [1.82, 2.24) is 4.90 Å². The Bertz CT molecular complexity index is 518. The van der Waals surface area contributed by atoms with E-state index in [0.29, 0.717) is 40.9 Å². The summed E-state index contributed by atoms with van der Waals surface area (Å²) in [4.78, 5) is 25.0. The number of nitrogens with zero attached hydrogens (tertiary/aromatic N) is 1. The third kappa shape index (κ3) is 3.65. The van der Waals surface area contributed by atoms with Gasteiger partial charge in [0, 0.05) is 13.0 Å². The van der Waals surface area contributed by atoms with Gasteiger partial charge >= 0.3 is 0 Å². The van der Waals surface area contributed by atoms with Gasteiger partial charge in [-0.15, -0.1) is 11.3 Å². The zero-order valence-electron chi connectivity index (χ0n) is 10.9. The zero-order valence-corrected chi connectivity index (χ0v) is 13.2. The fourth-order valence-corrected chi connectivity index (χ4v) is 4.02. The smallest absolute Gasteiger partial charge is 0.240 e. The molecule has 2 amide bonds. The molecule has 2 N–H and O–H groups in total. The molecule has 1 aliphatic rings. The maximum Gasteiger partial charge on any atom is 0.240 e. The maximum absolute atomic E-state index is 12.1. The lowest BCUT2D eigenvalue weighted by atomic mass is 10.1. The van der Waals surface area contributed by atoms with E-state index in [1.54, 1.807) is 4.90 Å². The fraction of sp³-hybridized carbons (Fsp3) is 0.538. The van der Waals surface area contributed by atoms with Gasteiger partial charge in [-0.2, -0.15) is 0 Å². The molecule has 1 saturated heterocycles. The molecule has 0 spiro atoms. The third-order valence-corrected chi connectivity index (χ3v) is 5.03. The van der Waals surface area contributed by atoms with Crippen LogP contribution in [0.5, 0.6) is 0 Å². The number of aryl methyl sites for hydroxylation is 1. The van der Waals surface area contributed by atoms with Crippen LogP contribution in [0.15, 0.2) is 6.07 Å². The van der Waals surface area contributed by atoms with Crippen molar-refractivity contribution in [2.24, 2.45) is 5.73 Å². The summed E-state index contributed by atoms with van der Waals surface area (Å²) in [5.41, 5.74) is 6.28. The quantitative estimate of drug-likeness (QED) is 0.899. The van der Waals surface area contributed by atoms with Crippen molar-refractivity contribution in [3.63, 3.8) is 0 Å². The molecule has 1 fully saturated rings. The van der Waals surface area contributed by atoms with Crippen molar-refractivity contribution < 1.29 is 9.59 Å². The van der Waals surface area contributed by atoms with Gasteiger partial charge in [0.2, 0.25) is 11.8 Å². The average molecular weight is 335 g/mol. The van der Waals surface area contributed by atoms with E-state index in [4.69, 9.17) is 28.9 Å². The van der Waals surface area contributed by atoms with E-state index in [1.165, 1.54) is 11.3 Å². The molecule has 0 bridgehead atoms. The van der Waals surface area contributed by atoms with Crippen LogP contribution in [0, 0.1) is 0 Å². The summed E-state index contributed by atoms with van der Waals surface area (Å²) >= 11 is 13.2. The number of amides is 2. The number of likely N-dealkylation sites (tertiary alicyclic amines) is 1. The Hall–Kier alpha value is -0.780. The Morgan fingerprint density at radius 3 is 2.80 bits per heavy atom. The number of hydrogen-bond acceptors (Lipinski definition) is 3. The second-order valence-electron chi connectivity index (χ2n) is 4.85. The van der Waals surface area contributed by atoms with Crippen LogP contribution in [0.2, 0.25) is 8.67 Å². The Morgan fingerprint density at radius 1 is 1.45 bits per heavy atom. The van der Waals surface area contributed by atoms with Crippen LogP contribution < -0.4 is 5.73 Å². The standard InChI is InChI=1S/C13H16Cl2N2O2S/c14-10-7-8(12(15)20-10)3-1-5-11(18)17-6-2-4-9(17)13(16)19/h7,9H,1-6H2,(H2,16,19)/t9-/m1/s1. The highest BCUT2D eigenvalue weighted by Crippen LogP contribution is 2.32. The van der Waals surface area contributed by atoms with Crippen molar-refractivity contribution in [3.05, 3.63) is 20.3 Å². The molecule has 1 aromatic heterocycles. The number of carbonyl (C=O) groups is 2. The van der Waals surface area contributed by atoms with Crippen LogP contribution in [0.4, 0.5) is 0 Å². The van der Waals surface area contributed by atoms with Crippen LogP contribution >= 0.6 is 34.5 Å². The molecule has 110 valence electrons. The summed E-state index contributed by atoms with van der Waals surface area (Å²) in [5, 5.41) is 0. The van der Waals surface area contributed by atoms with E-state index in [0.717, 1.165) is 12.0 Å². The first kappa shape index (κ1) is 15.6. The van der Waals surface area contributed by atoms with Gasteiger partial charge in [-0.1, -0.05) is 23.2 Å².